The van der Waals surface area contributed by atoms with E-state index in [1.165, 1.54) is 36.0 Å². The van der Waals surface area contributed by atoms with E-state index in [0.29, 0.717) is 28.7 Å². The van der Waals surface area contributed by atoms with Crippen molar-refractivity contribution in [3.8, 4) is 0 Å². The smallest absolute Gasteiger partial charge is 0.251 e. The number of amides is 1. The number of carbonyl (C=O) groups is 2. The maximum atomic E-state index is 13.1. The number of ketones is 1. The molecule has 0 radical (unpaired) electrons. The third kappa shape index (κ3) is 5.89. The number of rotatable bonds is 9. The number of hydrogen-bond donors (Lipinski definition) is 1. The molecule has 1 N–H and O–H groups in total. The SMILES string of the molecule is C=CCn1c(SCC(=O)c2ccc(Br)cc2)nnc1[C@@H](C)NC(=O)c1ccc(F)cc1. The highest BCUT2D eigenvalue weighted by Crippen LogP contribution is 2.22. The monoisotopic (exact) mass is 502 g/mol. The number of hydrogen-bond acceptors (Lipinski definition) is 5. The van der Waals surface area contributed by atoms with Crippen LogP contribution in [0.3, 0.4) is 0 Å². The first-order valence-electron chi connectivity index (χ1n) is 9.41. The minimum atomic E-state index is -0.457. The van der Waals surface area contributed by atoms with Gasteiger partial charge in [0.15, 0.2) is 16.8 Å². The quantitative estimate of drug-likeness (QED) is 0.257. The Morgan fingerprint density at radius 1 is 1.16 bits per heavy atom. The lowest BCUT2D eigenvalue weighted by Crippen LogP contribution is -2.28. The van der Waals surface area contributed by atoms with Gasteiger partial charge < -0.3 is 9.88 Å². The van der Waals surface area contributed by atoms with Crippen LogP contribution in [0.5, 0.6) is 0 Å². The molecule has 6 nitrogen and oxygen atoms in total. The van der Waals surface area contributed by atoms with Crippen LogP contribution in [0.15, 0.2) is 70.8 Å². The second-order valence-corrected chi connectivity index (χ2v) is 8.52. The number of nitrogens with zero attached hydrogens (tertiary/aromatic N) is 3. The molecule has 1 heterocycles. The van der Waals surface area contributed by atoms with E-state index in [1.54, 1.807) is 25.1 Å². The Bertz CT molecular complexity index is 1080. The molecule has 3 aromatic rings. The first kappa shape index (κ1) is 22.9. The van der Waals surface area contributed by atoms with Gasteiger partial charge in [0.25, 0.3) is 5.91 Å². The molecule has 1 atom stereocenters. The van der Waals surface area contributed by atoms with E-state index in [2.05, 4.69) is 38.0 Å². The normalized spacial score (nSPS) is 11.7. The van der Waals surface area contributed by atoms with Crippen LogP contribution in [-0.2, 0) is 6.54 Å². The van der Waals surface area contributed by atoms with Gasteiger partial charge in [-0.05, 0) is 43.3 Å². The summed E-state index contributed by atoms with van der Waals surface area (Å²) in [5.74, 6) is -0.0403. The Hall–Kier alpha value is -2.78. The Morgan fingerprint density at radius 2 is 1.81 bits per heavy atom. The van der Waals surface area contributed by atoms with Crippen LogP contribution in [0.2, 0.25) is 0 Å². The summed E-state index contributed by atoms with van der Waals surface area (Å²) < 4.78 is 15.8. The van der Waals surface area contributed by atoms with Gasteiger partial charge in [-0.3, -0.25) is 9.59 Å². The summed E-state index contributed by atoms with van der Waals surface area (Å²) in [6.07, 6.45) is 1.70. The lowest BCUT2D eigenvalue weighted by molar-refractivity contribution is 0.0936. The minimum absolute atomic E-state index is 0.0233. The van der Waals surface area contributed by atoms with Crippen molar-refractivity contribution < 1.29 is 14.0 Å². The van der Waals surface area contributed by atoms with Crippen molar-refractivity contribution in [3.63, 3.8) is 0 Å². The number of carbonyl (C=O) groups excluding carboxylic acids is 2. The zero-order chi connectivity index (χ0) is 22.4. The number of Topliss-reactive ketones (excluding diaryl/α,β-unsaturated/α-hetero) is 1. The second-order valence-electron chi connectivity index (χ2n) is 6.66. The molecular formula is C22H20BrFN4O2S. The molecule has 31 heavy (non-hydrogen) atoms. The lowest BCUT2D eigenvalue weighted by Gasteiger charge is -2.15. The van der Waals surface area contributed by atoms with Gasteiger partial charge in [0.05, 0.1) is 11.8 Å². The highest BCUT2D eigenvalue weighted by molar-refractivity contribution is 9.10. The summed E-state index contributed by atoms with van der Waals surface area (Å²) in [6.45, 7) is 5.97. The molecule has 1 amide bonds. The zero-order valence-corrected chi connectivity index (χ0v) is 19.1. The van der Waals surface area contributed by atoms with Crippen LogP contribution in [0, 0.1) is 5.82 Å². The topological polar surface area (TPSA) is 76.9 Å². The predicted octanol–water partition coefficient (Wildman–Crippen LogP) is 4.83. The van der Waals surface area contributed by atoms with E-state index in [4.69, 9.17) is 0 Å². The fourth-order valence-corrected chi connectivity index (χ4v) is 3.94. The molecule has 2 aromatic carbocycles. The van der Waals surface area contributed by atoms with Crippen molar-refractivity contribution in [2.75, 3.05) is 5.75 Å². The summed E-state index contributed by atoms with van der Waals surface area (Å²) in [7, 11) is 0. The molecule has 9 heteroatoms. The molecule has 0 aliphatic carbocycles. The number of aromatic nitrogens is 3. The van der Waals surface area contributed by atoms with Gasteiger partial charge in [0.2, 0.25) is 0 Å². The van der Waals surface area contributed by atoms with Gasteiger partial charge in [-0.1, -0.05) is 45.9 Å². The van der Waals surface area contributed by atoms with Crippen LogP contribution in [0.1, 0.15) is 39.5 Å². The molecule has 1 aromatic heterocycles. The van der Waals surface area contributed by atoms with Crippen molar-refractivity contribution in [2.45, 2.75) is 24.7 Å². The lowest BCUT2D eigenvalue weighted by atomic mass is 10.2. The van der Waals surface area contributed by atoms with Gasteiger partial charge >= 0.3 is 0 Å². The molecule has 0 aliphatic heterocycles. The summed E-state index contributed by atoms with van der Waals surface area (Å²) >= 11 is 4.63. The van der Waals surface area contributed by atoms with Crippen LogP contribution in [-0.4, -0.2) is 32.2 Å². The van der Waals surface area contributed by atoms with E-state index >= 15 is 0 Å². The first-order valence-corrected chi connectivity index (χ1v) is 11.2. The molecule has 0 saturated heterocycles. The number of thioether (sulfide) groups is 1. The number of nitrogens with one attached hydrogen (secondary N) is 1. The molecule has 160 valence electrons. The van der Waals surface area contributed by atoms with Crippen LogP contribution >= 0.6 is 27.7 Å². The molecule has 0 fully saturated rings. The average Bonchev–Trinajstić information content (AvgIpc) is 3.16. The molecule has 0 bridgehead atoms. The number of halogens is 2. The Kier molecular flexibility index (Phi) is 7.75. The standard InChI is InChI=1S/C22H20BrFN4O2S/c1-3-12-28-20(14(2)25-21(30)16-6-10-18(24)11-7-16)26-27-22(28)31-13-19(29)15-4-8-17(23)9-5-15/h3-11,14H,1,12-13H2,2H3,(H,25,30)/t14-/m1/s1. The molecule has 0 saturated carbocycles. The summed E-state index contributed by atoms with van der Waals surface area (Å²) in [5.41, 5.74) is 0.961. The van der Waals surface area contributed by atoms with Crippen molar-refractivity contribution in [3.05, 3.63) is 88.4 Å². The van der Waals surface area contributed by atoms with E-state index in [9.17, 15) is 14.0 Å². The summed E-state index contributed by atoms with van der Waals surface area (Å²) in [5, 5.41) is 11.8. The van der Waals surface area contributed by atoms with E-state index in [0.717, 1.165) is 4.47 Å². The van der Waals surface area contributed by atoms with Gasteiger partial charge in [-0.25, -0.2) is 4.39 Å². The third-order valence-electron chi connectivity index (χ3n) is 4.40. The maximum Gasteiger partial charge on any atom is 0.251 e. The highest BCUT2D eigenvalue weighted by Gasteiger charge is 2.20. The molecule has 0 spiro atoms. The number of allylic oxidation sites excluding steroid dienone is 1. The zero-order valence-electron chi connectivity index (χ0n) is 16.7. The van der Waals surface area contributed by atoms with Gasteiger partial charge in [-0.15, -0.1) is 16.8 Å². The summed E-state index contributed by atoms with van der Waals surface area (Å²) in [4.78, 5) is 24.9. The highest BCUT2D eigenvalue weighted by atomic mass is 79.9. The largest absolute Gasteiger partial charge is 0.342 e. The minimum Gasteiger partial charge on any atom is -0.342 e. The fourth-order valence-electron chi connectivity index (χ4n) is 2.82. The van der Waals surface area contributed by atoms with Crippen LogP contribution in [0.25, 0.3) is 0 Å². The molecular weight excluding hydrogens is 483 g/mol. The van der Waals surface area contributed by atoms with Gasteiger partial charge in [-0.2, -0.15) is 0 Å². The van der Waals surface area contributed by atoms with E-state index < -0.39 is 11.9 Å². The molecule has 0 aliphatic rings. The van der Waals surface area contributed by atoms with Crippen molar-refractivity contribution in [2.24, 2.45) is 0 Å². The predicted molar refractivity (Wildman–Crippen MR) is 122 cm³/mol. The van der Waals surface area contributed by atoms with Gasteiger partial charge in [0, 0.05) is 22.1 Å². The Labute approximate surface area is 192 Å². The first-order chi connectivity index (χ1) is 14.9. The van der Waals surface area contributed by atoms with Crippen molar-refractivity contribution in [1.29, 1.82) is 0 Å². The number of benzene rings is 2. The van der Waals surface area contributed by atoms with Crippen LogP contribution < -0.4 is 5.32 Å². The van der Waals surface area contributed by atoms with Crippen molar-refractivity contribution in [1.82, 2.24) is 20.1 Å². The Morgan fingerprint density at radius 3 is 2.45 bits per heavy atom. The average molecular weight is 503 g/mol. The van der Waals surface area contributed by atoms with E-state index in [-0.39, 0.29) is 17.4 Å². The maximum absolute atomic E-state index is 13.1. The van der Waals surface area contributed by atoms with Crippen LogP contribution in [0.4, 0.5) is 4.39 Å². The summed E-state index contributed by atoms with van der Waals surface area (Å²) in [6, 6.07) is 12.0. The van der Waals surface area contributed by atoms with E-state index in [1.807, 2.05) is 16.7 Å². The molecule has 3 rings (SSSR count). The fraction of sp³-hybridized carbons (Fsp3) is 0.182. The molecule has 0 unspecified atom stereocenters. The van der Waals surface area contributed by atoms with Gasteiger partial charge in [0.1, 0.15) is 5.82 Å². The second kappa shape index (κ2) is 10.5. The van der Waals surface area contributed by atoms with Crippen molar-refractivity contribution >= 4 is 39.4 Å². The Balaban J connectivity index is 1.70. The third-order valence-corrected chi connectivity index (χ3v) is 5.89.